The second-order valence-corrected chi connectivity index (χ2v) is 19.2. The van der Waals surface area contributed by atoms with Crippen molar-refractivity contribution in [1.82, 2.24) is 36.1 Å². The Balaban J connectivity index is 1.10. The molecule has 0 bridgehead atoms. The van der Waals surface area contributed by atoms with Crippen LogP contribution in [0.25, 0.3) is 21.8 Å². The van der Waals surface area contributed by atoms with Gasteiger partial charge in [-0.1, -0.05) is 72.8 Å². The van der Waals surface area contributed by atoms with Gasteiger partial charge in [0, 0.05) is 74.0 Å². The minimum Gasteiger partial charge on any atom is -0.480 e. The first-order valence-corrected chi connectivity index (χ1v) is 25.9. The number of nitrogens with two attached hydrogens (primary N) is 4. The summed E-state index contributed by atoms with van der Waals surface area (Å²) in [5.74, 6) is -5.79. The molecular formula is C55H71N15O10. The highest BCUT2D eigenvalue weighted by Gasteiger charge is 2.29. The molecule has 80 heavy (non-hydrogen) atoms. The Morgan fingerprint density at radius 1 is 0.512 bits per heavy atom. The van der Waals surface area contributed by atoms with Gasteiger partial charge in [-0.2, -0.15) is 0 Å². The van der Waals surface area contributed by atoms with Gasteiger partial charge in [0.05, 0.1) is 24.1 Å². The number of amides is 6. The number of aliphatic imine (C=N–C) groups is 2. The van der Waals surface area contributed by atoms with E-state index in [9.17, 15) is 48.6 Å². The average Bonchev–Trinajstić information content (AvgIpc) is 3.40. The van der Waals surface area contributed by atoms with Crippen molar-refractivity contribution in [2.45, 2.75) is 75.5 Å². The number of nitrogens with zero attached hydrogens (tertiary/aromatic N) is 5. The summed E-state index contributed by atoms with van der Waals surface area (Å²) in [5.41, 5.74) is 25.0. The van der Waals surface area contributed by atoms with Crippen LogP contribution in [0.4, 0.5) is 11.4 Å². The lowest BCUT2D eigenvalue weighted by molar-refractivity contribution is -0.142. The number of carboxylic acids is 2. The van der Waals surface area contributed by atoms with Gasteiger partial charge < -0.3 is 65.0 Å². The summed E-state index contributed by atoms with van der Waals surface area (Å²) in [7, 11) is 3.30. The maximum atomic E-state index is 13.4. The molecule has 6 amide bonds. The molecule has 16 N–H and O–H groups in total. The number of carboxylic acid groups (broad SMARTS) is 2. The van der Waals surface area contributed by atoms with Crippen LogP contribution in [0.2, 0.25) is 0 Å². The van der Waals surface area contributed by atoms with Gasteiger partial charge in [-0.25, -0.2) is 14.6 Å². The molecule has 5 rings (SSSR count). The van der Waals surface area contributed by atoms with Gasteiger partial charge in [0.1, 0.15) is 24.2 Å². The Morgan fingerprint density at radius 3 is 1.26 bits per heavy atom. The fraction of sp³-hybridized carbons (Fsp3) is 0.364. The van der Waals surface area contributed by atoms with Gasteiger partial charge in [-0.15, -0.1) is 0 Å². The van der Waals surface area contributed by atoms with Crippen molar-refractivity contribution in [3.05, 3.63) is 114 Å². The fourth-order valence-electron chi connectivity index (χ4n) is 8.32. The molecule has 0 saturated heterocycles. The molecule has 426 valence electrons. The number of hydrogen-bond acceptors (Lipinski definition) is 13. The number of anilines is 2. The van der Waals surface area contributed by atoms with Crippen molar-refractivity contribution >= 4 is 92.5 Å². The molecule has 4 aromatic carbocycles. The zero-order chi connectivity index (χ0) is 58.1. The minimum atomic E-state index is -1.25. The van der Waals surface area contributed by atoms with E-state index >= 15 is 0 Å². The lowest BCUT2D eigenvalue weighted by atomic mass is 10.0. The molecule has 1 heterocycles. The van der Waals surface area contributed by atoms with E-state index in [2.05, 4.69) is 41.9 Å². The van der Waals surface area contributed by atoms with Crippen LogP contribution in [0.15, 0.2) is 113 Å². The molecule has 4 atom stereocenters. The van der Waals surface area contributed by atoms with Gasteiger partial charge in [0.2, 0.25) is 35.4 Å². The number of guanidine groups is 2. The average molecular weight is 1100 g/mol. The Kier molecular flexibility index (Phi) is 24.1. The fourth-order valence-corrected chi connectivity index (χ4v) is 8.32. The first-order valence-electron chi connectivity index (χ1n) is 25.9. The van der Waals surface area contributed by atoms with Crippen molar-refractivity contribution in [1.29, 1.82) is 0 Å². The van der Waals surface area contributed by atoms with E-state index < -0.39 is 59.7 Å². The number of carbonyl (C=O) groups excluding carboxylic acids is 6. The van der Waals surface area contributed by atoms with Crippen LogP contribution in [-0.2, 0) is 51.2 Å². The first-order chi connectivity index (χ1) is 38.2. The topological polar surface area (TPSA) is 397 Å². The van der Waals surface area contributed by atoms with E-state index in [0.717, 1.165) is 21.9 Å². The summed E-state index contributed by atoms with van der Waals surface area (Å²) >= 11 is 0. The Hall–Kier alpha value is -9.23. The van der Waals surface area contributed by atoms with E-state index in [-0.39, 0.29) is 114 Å². The maximum absolute atomic E-state index is 13.4. The number of aromatic nitrogens is 1. The van der Waals surface area contributed by atoms with E-state index in [1.165, 1.54) is 0 Å². The van der Waals surface area contributed by atoms with E-state index in [1.807, 2.05) is 30.3 Å². The molecule has 0 radical (unpaired) electrons. The zero-order valence-electron chi connectivity index (χ0n) is 44.7. The highest BCUT2D eigenvalue weighted by atomic mass is 16.4. The summed E-state index contributed by atoms with van der Waals surface area (Å²) in [4.78, 5) is 119. The maximum Gasteiger partial charge on any atom is 0.326 e. The molecular weight excluding hydrogens is 1030 g/mol. The van der Waals surface area contributed by atoms with Crippen molar-refractivity contribution in [3.63, 3.8) is 0 Å². The molecule has 0 aliphatic carbocycles. The van der Waals surface area contributed by atoms with Crippen LogP contribution in [0.1, 0.15) is 49.7 Å². The second kappa shape index (κ2) is 31.2. The van der Waals surface area contributed by atoms with Gasteiger partial charge in [-0.3, -0.25) is 48.6 Å². The predicted molar refractivity (Wildman–Crippen MR) is 304 cm³/mol. The normalized spacial score (nSPS) is 12.6. The van der Waals surface area contributed by atoms with Gasteiger partial charge >= 0.3 is 11.9 Å². The molecule has 25 heteroatoms. The lowest BCUT2D eigenvalue weighted by Crippen LogP contribution is -2.53. The smallest absolute Gasteiger partial charge is 0.326 e. The Bertz CT molecular complexity index is 2810. The minimum absolute atomic E-state index is 0.0165. The standard InChI is InChI=1S/C55H71N15O10/c1-69(32-48(73)65-44(27-34-11-5-3-6-12-34)50(75)67-40(52(77)78)15-9-23-60-54(56)57)25-21-46(71)62-38-19-17-36-29-37-18-20-39(31-43(37)64-42(36)30-38)63-47(72)22-26-70(2)33-49(74)66-45(28-35-13-7-4-8-14-35)51(76)68-41(53(79)80)16-10-24-61-55(58)59/h3-8,11-14,17-20,29-31,40-41,44-45H,9-10,15-16,21-28,32-33H2,1-2H3,(H,62,71)(H,63,72)(H,65,73)(H,66,74)(H,67,75)(H,68,76)(H,77,78)(H,79,80)(H4,56,57,60)(H4,58,59,61)/t40-,41-,44-,45-/m0/s1. The quantitative estimate of drug-likeness (QED) is 0.0121. The number of aliphatic carboxylic acids is 2. The highest BCUT2D eigenvalue weighted by Crippen LogP contribution is 2.25. The summed E-state index contributed by atoms with van der Waals surface area (Å²) in [5, 5.41) is 37.4. The third-order valence-corrected chi connectivity index (χ3v) is 12.4. The number of likely N-dealkylation sites (N-methyl/N-ethyl adjacent to an activating group) is 2. The van der Waals surface area contributed by atoms with Gasteiger partial charge in [-0.05, 0) is 81.2 Å². The Morgan fingerprint density at radius 2 is 0.900 bits per heavy atom. The number of rotatable bonds is 32. The first kappa shape index (κ1) is 61.6. The van der Waals surface area contributed by atoms with E-state index in [1.54, 1.807) is 96.7 Å². The number of hydrogen-bond donors (Lipinski definition) is 12. The van der Waals surface area contributed by atoms with Crippen LogP contribution in [0.3, 0.4) is 0 Å². The van der Waals surface area contributed by atoms with E-state index in [0.29, 0.717) is 22.4 Å². The second-order valence-electron chi connectivity index (χ2n) is 19.2. The number of fused-ring (bicyclic) bond motifs is 2. The highest BCUT2D eigenvalue weighted by molar-refractivity contribution is 5.99. The predicted octanol–water partition coefficient (Wildman–Crippen LogP) is 0.610. The molecule has 0 aliphatic rings. The molecule has 5 aromatic rings. The molecule has 0 unspecified atom stereocenters. The van der Waals surface area contributed by atoms with Crippen LogP contribution in [0, 0.1) is 0 Å². The Labute approximate surface area is 462 Å². The van der Waals surface area contributed by atoms with Crippen molar-refractivity contribution in [2.24, 2.45) is 32.9 Å². The van der Waals surface area contributed by atoms with Crippen LogP contribution in [-0.4, -0.2) is 162 Å². The van der Waals surface area contributed by atoms with Crippen molar-refractivity contribution in [2.75, 3.05) is 64.0 Å². The van der Waals surface area contributed by atoms with Crippen LogP contribution < -0.4 is 54.8 Å². The molecule has 0 aliphatic heterocycles. The van der Waals surface area contributed by atoms with Crippen LogP contribution >= 0.6 is 0 Å². The number of benzene rings is 4. The molecule has 1 aromatic heterocycles. The number of pyridine rings is 1. The number of carbonyl (C=O) groups is 8. The number of nitrogens with one attached hydrogen (secondary N) is 6. The molecule has 0 saturated carbocycles. The molecule has 25 nitrogen and oxygen atoms in total. The summed E-state index contributed by atoms with van der Waals surface area (Å²) < 4.78 is 0. The van der Waals surface area contributed by atoms with E-state index in [4.69, 9.17) is 27.9 Å². The molecule has 0 spiro atoms. The van der Waals surface area contributed by atoms with Crippen molar-refractivity contribution < 1.29 is 48.6 Å². The van der Waals surface area contributed by atoms with Crippen LogP contribution in [0.5, 0.6) is 0 Å². The summed E-state index contributed by atoms with van der Waals surface area (Å²) in [6, 6.07) is 25.7. The van der Waals surface area contributed by atoms with Gasteiger partial charge in [0.25, 0.3) is 0 Å². The SMILES string of the molecule is CN(CCC(=O)Nc1ccc2cc3ccc(NC(=O)CCN(C)CC(=O)N[C@@H](Cc4ccccc4)C(=O)N[C@@H](CCCN=C(N)N)C(=O)O)cc3nc2c1)CC(=O)N[C@@H](Cc1ccccc1)C(=O)N[C@@H](CCCN=C(N)N)C(=O)O. The monoisotopic (exact) mass is 1100 g/mol. The van der Waals surface area contributed by atoms with Crippen molar-refractivity contribution in [3.8, 4) is 0 Å². The summed E-state index contributed by atoms with van der Waals surface area (Å²) in [6.07, 6.45) is 0.915. The third-order valence-electron chi connectivity index (χ3n) is 12.4. The van der Waals surface area contributed by atoms with Gasteiger partial charge in [0.15, 0.2) is 11.9 Å². The third kappa shape index (κ3) is 21.7. The zero-order valence-corrected chi connectivity index (χ0v) is 44.7. The lowest BCUT2D eigenvalue weighted by Gasteiger charge is -2.23. The summed E-state index contributed by atoms with van der Waals surface area (Å²) in [6.45, 7) is 0.391. The molecule has 0 fully saturated rings. The largest absolute Gasteiger partial charge is 0.480 e.